The van der Waals surface area contributed by atoms with Crippen LogP contribution in [0.25, 0.3) is 0 Å². The number of nitro benzene ring substituents is 1. The van der Waals surface area contributed by atoms with Crippen LogP contribution in [0, 0.1) is 29.9 Å². The van der Waals surface area contributed by atoms with Crippen molar-refractivity contribution in [2.24, 2.45) is 0 Å². The Balaban J connectivity index is 2.37. The quantitative estimate of drug-likeness (QED) is 0.534. The second kappa shape index (κ2) is 5.66. The molecule has 2 aromatic rings. The van der Waals surface area contributed by atoms with Gasteiger partial charge in [-0.05, 0) is 37.1 Å². The summed E-state index contributed by atoms with van der Waals surface area (Å²) in [6.45, 7) is 3.52. The number of anilines is 1. The van der Waals surface area contributed by atoms with E-state index in [9.17, 15) is 19.3 Å². The minimum absolute atomic E-state index is 0.0371. The van der Waals surface area contributed by atoms with Crippen LogP contribution >= 0.6 is 0 Å². The Labute approximate surface area is 119 Å². The van der Waals surface area contributed by atoms with Gasteiger partial charge in [0, 0.05) is 23.9 Å². The summed E-state index contributed by atoms with van der Waals surface area (Å²) in [5.41, 5.74) is 1.45. The van der Waals surface area contributed by atoms with E-state index in [1.165, 1.54) is 18.2 Å². The SMILES string of the molecule is Cc1cc(NC(=O)c2ccnc(F)c2)c([N+](=O)[O-])cc1C. The van der Waals surface area contributed by atoms with Crippen molar-refractivity contribution >= 4 is 17.3 Å². The number of hydrogen-bond acceptors (Lipinski definition) is 4. The maximum Gasteiger partial charge on any atom is 0.293 e. The zero-order valence-electron chi connectivity index (χ0n) is 11.4. The zero-order valence-corrected chi connectivity index (χ0v) is 11.4. The molecule has 0 aliphatic rings. The first-order valence-corrected chi connectivity index (χ1v) is 6.07. The molecule has 0 saturated heterocycles. The number of carbonyl (C=O) groups excluding carboxylic acids is 1. The van der Waals surface area contributed by atoms with E-state index in [0.29, 0.717) is 0 Å². The van der Waals surface area contributed by atoms with Crippen LogP contribution in [0.2, 0.25) is 0 Å². The van der Waals surface area contributed by atoms with Gasteiger partial charge in [0.2, 0.25) is 5.95 Å². The molecule has 0 aliphatic carbocycles. The lowest BCUT2D eigenvalue weighted by Crippen LogP contribution is -2.14. The van der Waals surface area contributed by atoms with Crippen molar-refractivity contribution < 1.29 is 14.1 Å². The molecule has 7 heteroatoms. The lowest BCUT2D eigenvalue weighted by Gasteiger charge is -2.09. The van der Waals surface area contributed by atoms with E-state index in [4.69, 9.17) is 0 Å². The Kier molecular flexibility index (Phi) is 3.93. The van der Waals surface area contributed by atoms with Crippen molar-refractivity contribution in [2.75, 3.05) is 5.32 Å². The summed E-state index contributed by atoms with van der Waals surface area (Å²) in [5, 5.41) is 13.5. The molecule has 1 aromatic heterocycles. The van der Waals surface area contributed by atoms with Crippen LogP contribution in [-0.4, -0.2) is 15.8 Å². The first-order valence-electron chi connectivity index (χ1n) is 6.07. The van der Waals surface area contributed by atoms with Crippen LogP contribution in [0.3, 0.4) is 0 Å². The summed E-state index contributed by atoms with van der Waals surface area (Å²) in [7, 11) is 0. The molecule has 0 fully saturated rings. The molecule has 1 heterocycles. The molecule has 1 aromatic carbocycles. The summed E-state index contributed by atoms with van der Waals surface area (Å²) in [5.74, 6) is -1.43. The maximum absolute atomic E-state index is 13.0. The van der Waals surface area contributed by atoms with Crippen molar-refractivity contribution in [1.29, 1.82) is 0 Å². The summed E-state index contributed by atoms with van der Waals surface area (Å²) >= 11 is 0. The standard InChI is InChI=1S/C14H12FN3O3/c1-8-5-11(12(18(20)21)6-9(8)2)17-14(19)10-3-4-16-13(15)7-10/h3-7H,1-2H3,(H,17,19). The van der Waals surface area contributed by atoms with E-state index < -0.39 is 16.8 Å². The summed E-state index contributed by atoms with van der Waals surface area (Å²) in [6, 6.07) is 5.19. The van der Waals surface area contributed by atoms with Crippen molar-refractivity contribution in [1.82, 2.24) is 4.98 Å². The topological polar surface area (TPSA) is 85.1 Å². The van der Waals surface area contributed by atoms with Gasteiger partial charge in [-0.1, -0.05) is 0 Å². The molecule has 6 nitrogen and oxygen atoms in total. The number of amides is 1. The fourth-order valence-electron chi connectivity index (χ4n) is 1.79. The Hall–Kier alpha value is -2.83. The number of nitrogens with one attached hydrogen (secondary N) is 1. The number of hydrogen-bond donors (Lipinski definition) is 1. The summed E-state index contributed by atoms with van der Waals surface area (Å²) < 4.78 is 13.0. The van der Waals surface area contributed by atoms with E-state index in [1.54, 1.807) is 13.8 Å². The largest absolute Gasteiger partial charge is 0.316 e. The van der Waals surface area contributed by atoms with Crippen LogP contribution < -0.4 is 5.32 Å². The van der Waals surface area contributed by atoms with E-state index >= 15 is 0 Å². The molecule has 0 aliphatic heterocycles. The molecule has 0 radical (unpaired) electrons. The van der Waals surface area contributed by atoms with Gasteiger partial charge in [0.05, 0.1) is 4.92 Å². The average Bonchev–Trinajstić information content (AvgIpc) is 2.42. The number of rotatable bonds is 3. The molecule has 0 saturated carbocycles. The Morgan fingerprint density at radius 3 is 2.57 bits per heavy atom. The molecule has 108 valence electrons. The van der Waals surface area contributed by atoms with E-state index in [0.717, 1.165) is 23.4 Å². The average molecular weight is 289 g/mol. The number of benzene rings is 1. The van der Waals surface area contributed by atoms with Gasteiger partial charge in [0.1, 0.15) is 5.69 Å². The van der Waals surface area contributed by atoms with Crippen LogP contribution in [0.5, 0.6) is 0 Å². The van der Waals surface area contributed by atoms with Crippen LogP contribution in [-0.2, 0) is 0 Å². The normalized spacial score (nSPS) is 10.2. The highest BCUT2D eigenvalue weighted by Crippen LogP contribution is 2.28. The third-order valence-electron chi connectivity index (χ3n) is 3.05. The van der Waals surface area contributed by atoms with E-state index in [-0.39, 0.29) is 16.9 Å². The van der Waals surface area contributed by atoms with Gasteiger partial charge in [-0.15, -0.1) is 0 Å². The highest BCUT2D eigenvalue weighted by molar-refractivity contribution is 6.05. The fourth-order valence-corrected chi connectivity index (χ4v) is 1.79. The maximum atomic E-state index is 13.0. The van der Waals surface area contributed by atoms with Crippen molar-refractivity contribution in [3.63, 3.8) is 0 Å². The van der Waals surface area contributed by atoms with Gasteiger partial charge in [-0.25, -0.2) is 4.98 Å². The monoisotopic (exact) mass is 289 g/mol. The molecular weight excluding hydrogens is 277 g/mol. The minimum Gasteiger partial charge on any atom is -0.316 e. The molecule has 21 heavy (non-hydrogen) atoms. The molecule has 0 unspecified atom stereocenters. The second-order valence-corrected chi connectivity index (χ2v) is 4.53. The van der Waals surface area contributed by atoms with E-state index in [2.05, 4.69) is 10.3 Å². The number of carbonyl (C=O) groups is 1. The van der Waals surface area contributed by atoms with Gasteiger partial charge in [-0.3, -0.25) is 14.9 Å². The zero-order chi connectivity index (χ0) is 15.6. The second-order valence-electron chi connectivity index (χ2n) is 4.53. The number of nitrogens with zero attached hydrogens (tertiary/aromatic N) is 2. The Morgan fingerprint density at radius 2 is 1.95 bits per heavy atom. The molecule has 0 atom stereocenters. The predicted molar refractivity (Wildman–Crippen MR) is 74.7 cm³/mol. The van der Waals surface area contributed by atoms with Crippen molar-refractivity contribution in [2.45, 2.75) is 13.8 Å². The minimum atomic E-state index is -0.794. The lowest BCUT2D eigenvalue weighted by molar-refractivity contribution is -0.384. The molecule has 1 N–H and O–H groups in total. The smallest absolute Gasteiger partial charge is 0.293 e. The third kappa shape index (κ3) is 3.19. The number of nitro groups is 1. The van der Waals surface area contributed by atoms with Crippen LogP contribution in [0.15, 0.2) is 30.5 Å². The number of aromatic nitrogens is 1. The lowest BCUT2D eigenvalue weighted by atomic mass is 10.1. The first-order chi connectivity index (χ1) is 9.88. The number of pyridine rings is 1. The van der Waals surface area contributed by atoms with Gasteiger partial charge in [0.25, 0.3) is 11.6 Å². The summed E-state index contributed by atoms with van der Waals surface area (Å²) in [6.07, 6.45) is 1.15. The molecule has 2 rings (SSSR count). The molecular formula is C14H12FN3O3. The third-order valence-corrected chi connectivity index (χ3v) is 3.05. The number of halogens is 1. The van der Waals surface area contributed by atoms with Crippen molar-refractivity contribution in [3.05, 3.63) is 63.2 Å². The highest BCUT2D eigenvalue weighted by Gasteiger charge is 2.18. The fraction of sp³-hybridized carbons (Fsp3) is 0.143. The molecule has 0 spiro atoms. The Morgan fingerprint density at radius 1 is 1.29 bits per heavy atom. The van der Waals surface area contributed by atoms with Crippen molar-refractivity contribution in [3.8, 4) is 0 Å². The van der Waals surface area contributed by atoms with Crippen LogP contribution in [0.4, 0.5) is 15.8 Å². The van der Waals surface area contributed by atoms with Gasteiger partial charge >= 0.3 is 0 Å². The van der Waals surface area contributed by atoms with Gasteiger partial charge < -0.3 is 5.32 Å². The Bertz CT molecular complexity index is 731. The highest BCUT2D eigenvalue weighted by atomic mass is 19.1. The predicted octanol–water partition coefficient (Wildman–Crippen LogP) is 3.00. The van der Waals surface area contributed by atoms with Gasteiger partial charge in [0.15, 0.2) is 0 Å². The molecule has 1 amide bonds. The van der Waals surface area contributed by atoms with Gasteiger partial charge in [-0.2, -0.15) is 4.39 Å². The van der Waals surface area contributed by atoms with Crippen LogP contribution in [0.1, 0.15) is 21.5 Å². The van der Waals surface area contributed by atoms with E-state index in [1.807, 2.05) is 0 Å². The first kappa shape index (κ1) is 14.6. The summed E-state index contributed by atoms with van der Waals surface area (Å²) in [4.78, 5) is 25.8. The molecule has 0 bridgehead atoms. The number of aryl methyl sites for hydroxylation is 2.